The smallest absolute Gasteiger partial charge is 0.319 e. The summed E-state index contributed by atoms with van der Waals surface area (Å²) in [4.78, 5) is 11.7. The molecule has 100 valence electrons. The van der Waals surface area contributed by atoms with Crippen LogP contribution < -0.4 is 16.4 Å². The van der Waals surface area contributed by atoms with E-state index < -0.39 is 0 Å². The second-order valence-corrected chi connectivity index (χ2v) is 4.24. The Bertz CT molecular complexity index is 644. The molecule has 0 aliphatic heterocycles. The van der Waals surface area contributed by atoms with Crippen LogP contribution in [0.3, 0.4) is 0 Å². The number of nitrogens with one attached hydrogen (secondary N) is 2. The predicted molar refractivity (Wildman–Crippen MR) is 77.9 cm³/mol. The minimum atomic E-state index is -0.308. The lowest BCUT2D eigenvalue weighted by Gasteiger charge is -2.08. The van der Waals surface area contributed by atoms with Crippen molar-refractivity contribution in [3.63, 3.8) is 0 Å². The van der Waals surface area contributed by atoms with E-state index in [9.17, 15) is 4.79 Å². The van der Waals surface area contributed by atoms with Gasteiger partial charge in [0.1, 0.15) is 0 Å². The molecule has 0 saturated carbocycles. The van der Waals surface area contributed by atoms with Crippen molar-refractivity contribution in [3.8, 4) is 6.07 Å². The van der Waals surface area contributed by atoms with Crippen LogP contribution in [0.25, 0.3) is 0 Å². The Kier molecular flexibility index (Phi) is 4.20. The summed E-state index contributed by atoms with van der Waals surface area (Å²) in [6, 6.07) is 15.7. The SMILES string of the molecule is N#Cc1cccc(CNC(=O)Nc2ccc(N)cc2)c1. The van der Waals surface area contributed by atoms with Crippen molar-refractivity contribution in [1.29, 1.82) is 5.26 Å². The maximum atomic E-state index is 11.7. The highest BCUT2D eigenvalue weighted by atomic mass is 16.2. The maximum absolute atomic E-state index is 11.7. The van der Waals surface area contributed by atoms with Crippen molar-refractivity contribution >= 4 is 17.4 Å². The summed E-state index contributed by atoms with van der Waals surface area (Å²) >= 11 is 0. The summed E-state index contributed by atoms with van der Waals surface area (Å²) in [6.07, 6.45) is 0. The van der Waals surface area contributed by atoms with Crippen molar-refractivity contribution < 1.29 is 4.79 Å². The quantitative estimate of drug-likeness (QED) is 0.745. The number of anilines is 2. The zero-order valence-corrected chi connectivity index (χ0v) is 10.8. The molecule has 0 aromatic heterocycles. The molecule has 0 aliphatic rings. The molecule has 4 N–H and O–H groups in total. The third kappa shape index (κ3) is 3.75. The number of hydrogen-bond acceptors (Lipinski definition) is 3. The average molecular weight is 266 g/mol. The molecule has 2 rings (SSSR count). The first-order valence-corrected chi connectivity index (χ1v) is 6.07. The highest BCUT2D eigenvalue weighted by molar-refractivity contribution is 5.89. The summed E-state index contributed by atoms with van der Waals surface area (Å²) in [5.74, 6) is 0. The van der Waals surface area contributed by atoms with Gasteiger partial charge in [0.25, 0.3) is 0 Å². The second kappa shape index (κ2) is 6.25. The van der Waals surface area contributed by atoms with Crippen LogP contribution in [0.5, 0.6) is 0 Å². The van der Waals surface area contributed by atoms with Crippen molar-refractivity contribution in [3.05, 3.63) is 59.7 Å². The molecule has 0 bridgehead atoms. The van der Waals surface area contributed by atoms with E-state index >= 15 is 0 Å². The molecule has 5 nitrogen and oxygen atoms in total. The number of carbonyl (C=O) groups is 1. The summed E-state index contributed by atoms with van der Waals surface area (Å²) < 4.78 is 0. The van der Waals surface area contributed by atoms with Crippen molar-refractivity contribution in [1.82, 2.24) is 5.32 Å². The molecule has 20 heavy (non-hydrogen) atoms. The molecule has 0 fully saturated rings. The molecule has 0 radical (unpaired) electrons. The van der Waals surface area contributed by atoms with Crippen LogP contribution in [-0.2, 0) is 6.54 Å². The Morgan fingerprint density at radius 3 is 2.65 bits per heavy atom. The zero-order valence-electron chi connectivity index (χ0n) is 10.8. The Labute approximate surface area is 117 Å². The molecule has 0 spiro atoms. The second-order valence-electron chi connectivity index (χ2n) is 4.24. The molecule has 0 atom stereocenters. The van der Waals surface area contributed by atoms with E-state index in [1.807, 2.05) is 6.07 Å². The first kappa shape index (κ1) is 13.4. The average Bonchev–Trinajstić information content (AvgIpc) is 2.48. The monoisotopic (exact) mass is 266 g/mol. The van der Waals surface area contributed by atoms with Gasteiger partial charge in [0.2, 0.25) is 0 Å². The number of rotatable bonds is 3. The number of nitriles is 1. The number of nitrogens with two attached hydrogens (primary N) is 1. The topological polar surface area (TPSA) is 90.9 Å². The zero-order chi connectivity index (χ0) is 14.4. The van der Waals surface area contributed by atoms with Crippen molar-refractivity contribution in [2.75, 3.05) is 11.1 Å². The minimum absolute atomic E-state index is 0.308. The van der Waals surface area contributed by atoms with Gasteiger partial charge in [0.05, 0.1) is 11.6 Å². The van der Waals surface area contributed by atoms with E-state index in [1.165, 1.54) is 0 Å². The van der Waals surface area contributed by atoms with Crippen LogP contribution in [0.2, 0.25) is 0 Å². The molecule has 0 aliphatic carbocycles. The molecule has 2 aromatic carbocycles. The molecule has 2 amide bonds. The number of nitrogens with zero attached hydrogens (tertiary/aromatic N) is 1. The fourth-order valence-electron chi connectivity index (χ4n) is 1.67. The van der Waals surface area contributed by atoms with Gasteiger partial charge in [-0.05, 0) is 42.0 Å². The summed E-state index contributed by atoms with van der Waals surface area (Å²) in [5, 5.41) is 14.2. The van der Waals surface area contributed by atoms with Gasteiger partial charge in [-0.15, -0.1) is 0 Å². The van der Waals surface area contributed by atoms with Gasteiger partial charge in [-0.25, -0.2) is 4.79 Å². The third-order valence-electron chi connectivity index (χ3n) is 2.68. The first-order valence-electron chi connectivity index (χ1n) is 6.07. The number of nitrogen functional groups attached to an aromatic ring is 1. The lowest BCUT2D eigenvalue weighted by Crippen LogP contribution is -2.28. The van der Waals surface area contributed by atoms with Gasteiger partial charge in [-0.1, -0.05) is 12.1 Å². The maximum Gasteiger partial charge on any atom is 0.319 e. The fourth-order valence-corrected chi connectivity index (χ4v) is 1.67. The van der Waals surface area contributed by atoms with Crippen LogP contribution in [0.4, 0.5) is 16.2 Å². The van der Waals surface area contributed by atoms with Gasteiger partial charge in [-0.3, -0.25) is 0 Å². The van der Waals surface area contributed by atoms with Gasteiger partial charge in [0, 0.05) is 17.9 Å². The van der Waals surface area contributed by atoms with Gasteiger partial charge < -0.3 is 16.4 Å². The van der Waals surface area contributed by atoms with E-state index in [-0.39, 0.29) is 6.03 Å². The number of amides is 2. The van der Waals surface area contributed by atoms with Crippen LogP contribution >= 0.6 is 0 Å². The van der Waals surface area contributed by atoms with E-state index in [4.69, 9.17) is 11.0 Å². The van der Waals surface area contributed by atoms with Crippen LogP contribution in [0.1, 0.15) is 11.1 Å². The summed E-state index contributed by atoms with van der Waals surface area (Å²) in [6.45, 7) is 0.357. The largest absolute Gasteiger partial charge is 0.399 e. The van der Waals surface area contributed by atoms with E-state index in [0.717, 1.165) is 5.56 Å². The number of urea groups is 1. The minimum Gasteiger partial charge on any atom is -0.399 e. The van der Waals surface area contributed by atoms with E-state index in [1.54, 1.807) is 42.5 Å². The lowest BCUT2D eigenvalue weighted by atomic mass is 10.1. The molecule has 2 aromatic rings. The third-order valence-corrected chi connectivity index (χ3v) is 2.68. The van der Waals surface area contributed by atoms with Gasteiger partial charge >= 0.3 is 6.03 Å². The Morgan fingerprint density at radius 2 is 1.95 bits per heavy atom. The van der Waals surface area contributed by atoms with Crippen LogP contribution in [-0.4, -0.2) is 6.03 Å². The molecule has 5 heteroatoms. The number of hydrogen-bond donors (Lipinski definition) is 3. The fraction of sp³-hybridized carbons (Fsp3) is 0.0667. The molecule has 0 unspecified atom stereocenters. The molecular weight excluding hydrogens is 252 g/mol. The highest BCUT2D eigenvalue weighted by Crippen LogP contribution is 2.10. The normalized spacial score (nSPS) is 9.55. The number of carbonyl (C=O) groups excluding carboxylic acids is 1. The predicted octanol–water partition coefficient (Wildman–Crippen LogP) is 2.46. The standard InChI is InChI=1S/C15H14N4O/c16-9-11-2-1-3-12(8-11)10-18-15(20)19-14-6-4-13(17)5-7-14/h1-8H,10,17H2,(H2,18,19,20). The van der Waals surface area contributed by atoms with Crippen molar-refractivity contribution in [2.24, 2.45) is 0 Å². The van der Waals surface area contributed by atoms with Gasteiger partial charge in [0.15, 0.2) is 0 Å². The van der Waals surface area contributed by atoms with E-state index in [0.29, 0.717) is 23.5 Å². The molecule has 0 heterocycles. The van der Waals surface area contributed by atoms with Gasteiger partial charge in [-0.2, -0.15) is 5.26 Å². The lowest BCUT2D eigenvalue weighted by molar-refractivity contribution is 0.251. The summed E-state index contributed by atoms with van der Waals surface area (Å²) in [7, 11) is 0. The molecular formula is C15H14N4O. The molecule has 0 saturated heterocycles. The van der Waals surface area contributed by atoms with Crippen molar-refractivity contribution in [2.45, 2.75) is 6.54 Å². The van der Waals surface area contributed by atoms with E-state index in [2.05, 4.69) is 16.7 Å². The highest BCUT2D eigenvalue weighted by Gasteiger charge is 2.02. The Morgan fingerprint density at radius 1 is 1.20 bits per heavy atom. The summed E-state index contributed by atoms with van der Waals surface area (Å²) in [5.41, 5.74) is 8.32. The first-order chi connectivity index (χ1) is 9.67. The number of benzene rings is 2. The van der Waals surface area contributed by atoms with Crippen LogP contribution in [0, 0.1) is 11.3 Å². The Hall–Kier alpha value is -3.00. The van der Waals surface area contributed by atoms with Crippen LogP contribution in [0.15, 0.2) is 48.5 Å². The Balaban J connectivity index is 1.89.